The molecule has 0 saturated heterocycles. The molecular weight excluding hydrogens is 262 g/mol. The first-order valence-electron chi connectivity index (χ1n) is 7.46. The molecule has 2 rings (SSSR count). The molecule has 21 heavy (non-hydrogen) atoms. The van der Waals surface area contributed by atoms with Crippen molar-refractivity contribution in [3.8, 4) is 0 Å². The van der Waals surface area contributed by atoms with E-state index in [0.29, 0.717) is 0 Å². The summed E-state index contributed by atoms with van der Waals surface area (Å²) >= 11 is 0. The molecule has 112 valence electrons. The van der Waals surface area contributed by atoms with E-state index in [9.17, 15) is 4.79 Å². The predicted octanol–water partition coefficient (Wildman–Crippen LogP) is 3.40. The van der Waals surface area contributed by atoms with Crippen molar-refractivity contribution in [3.05, 3.63) is 53.1 Å². The van der Waals surface area contributed by atoms with Crippen molar-refractivity contribution in [2.24, 2.45) is 0 Å². The molecule has 1 atom stereocenters. The van der Waals surface area contributed by atoms with Crippen molar-refractivity contribution >= 4 is 5.91 Å². The number of rotatable bonds is 5. The van der Waals surface area contributed by atoms with Crippen LogP contribution < -0.4 is 5.32 Å². The van der Waals surface area contributed by atoms with Gasteiger partial charge in [0.05, 0.1) is 11.6 Å². The summed E-state index contributed by atoms with van der Waals surface area (Å²) in [6.45, 7) is 9.06. The summed E-state index contributed by atoms with van der Waals surface area (Å²) in [6, 6.07) is 5.85. The van der Waals surface area contributed by atoms with Crippen LogP contribution in [0.4, 0.5) is 0 Å². The number of amides is 1. The monoisotopic (exact) mass is 285 g/mol. The maximum atomic E-state index is 12.5. The highest BCUT2D eigenvalue weighted by Gasteiger charge is 2.18. The quantitative estimate of drug-likeness (QED) is 0.915. The van der Waals surface area contributed by atoms with Crippen LogP contribution >= 0.6 is 0 Å². The Bertz CT molecular complexity index is 616. The summed E-state index contributed by atoms with van der Waals surface area (Å²) in [5, 5.41) is 3.11. The molecule has 0 aromatic carbocycles. The first kappa shape index (κ1) is 15.3. The van der Waals surface area contributed by atoms with Gasteiger partial charge in [0.1, 0.15) is 0 Å². The summed E-state index contributed by atoms with van der Waals surface area (Å²) in [5.41, 5.74) is 3.94. The maximum Gasteiger partial charge on any atom is 0.253 e. The highest BCUT2D eigenvalue weighted by molar-refractivity contribution is 5.96. The number of carbonyl (C=O) groups excluding carboxylic acids is 1. The average molecular weight is 285 g/mol. The van der Waals surface area contributed by atoms with Gasteiger partial charge in [0, 0.05) is 30.3 Å². The van der Waals surface area contributed by atoms with Gasteiger partial charge >= 0.3 is 0 Å². The molecule has 0 aliphatic heterocycles. The van der Waals surface area contributed by atoms with Crippen LogP contribution in [0.5, 0.6) is 0 Å². The van der Waals surface area contributed by atoms with Crippen molar-refractivity contribution in [3.63, 3.8) is 0 Å². The molecule has 0 aliphatic rings. The zero-order valence-electron chi connectivity index (χ0n) is 13.2. The summed E-state index contributed by atoms with van der Waals surface area (Å²) in [5.74, 6) is -0.0153. The third-order valence-corrected chi connectivity index (χ3v) is 3.93. The van der Waals surface area contributed by atoms with Gasteiger partial charge < -0.3 is 9.88 Å². The molecule has 0 saturated carbocycles. The molecule has 0 bridgehead atoms. The average Bonchev–Trinajstić information content (AvgIpc) is 2.79. The number of hydrogen-bond donors (Lipinski definition) is 1. The minimum absolute atomic E-state index is 0.00381. The molecule has 2 aromatic heterocycles. The van der Waals surface area contributed by atoms with Crippen LogP contribution in [0.3, 0.4) is 0 Å². The van der Waals surface area contributed by atoms with Crippen molar-refractivity contribution in [1.29, 1.82) is 0 Å². The molecule has 0 spiro atoms. The second kappa shape index (κ2) is 6.57. The summed E-state index contributed by atoms with van der Waals surface area (Å²) in [4.78, 5) is 16.7. The van der Waals surface area contributed by atoms with Crippen LogP contribution in [-0.4, -0.2) is 15.5 Å². The van der Waals surface area contributed by atoms with Crippen LogP contribution in [0.25, 0.3) is 0 Å². The van der Waals surface area contributed by atoms with Crippen molar-refractivity contribution in [2.45, 2.75) is 46.7 Å². The van der Waals surface area contributed by atoms with E-state index in [2.05, 4.69) is 28.7 Å². The molecule has 1 N–H and O–H groups in total. The Kier molecular flexibility index (Phi) is 4.78. The van der Waals surface area contributed by atoms with Crippen LogP contribution in [0.1, 0.15) is 53.6 Å². The summed E-state index contributed by atoms with van der Waals surface area (Å²) in [7, 11) is 0. The van der Waals surface area contributed by atoms with E-state index < -0.39 is 0 Å². The Morgan fingerprint density at radius 1 is 1.38 bits per heavy atom. The molecule has 2 heterocycles. The van der Waals surface area contributed by atoms with E-state index in [-0.39, 0.29) is 11.9 Å². The molecule has 4 heteroatoms. The molecular formula is C17H23N3O. The second-order valence-corrected chi connectivity index (χ2v) is 5.25. The first-order valence-corrected chi connectivity index (χ1v) is 7.46. The molecule has 0 aliphatic carbocycles. The largest absolute Gasteiger partial charge is 0.349 e. The van der Waals surface area contributed by atoms with Gasteiger partial charge in [0.25, 0.3) is 5.91 Å². The Balaban J connectivity index is 2.21. The lowest BCUT2D eigenvalue weighted by Crippen LogP contribution is -2.28. The molecule has 0 unspecified atom stereocenters. The lowest BCUT2D eigenvalue weighted by Gasteiger charge is -2.17. The Hall–Kier alpha value is -2.10. The molecule has 4 nitrogen and oxygen atoms in total. The van der Waals surface area contributed by atoms with Gasteiger partial charge in [-0.1, -0.05) is 13.0 Å². The second-order valence-electron chi connectivity index (χ2n) is 5.25. The fraction of sp³-hybridized carbons (Fsp3) is 0.412. The van der Waals surface area contributed by atoms with E-state index in [1.54, 1.807) is 6.20 Å². The SMILES string of the molecule is CC[C@@H](NC(=O)c1cc(C)n(CC)c1C)c1cccnc1. The number of nitrogens with zero attached hydrogens (tertiary/aromatic N) is 2. The zero-order chi connectivity index (χ0) is 15.4. The van der Waals surface area contributed by atoms with Gasteiger partial charge in [-0.25, -0.2) is 0 Å². The topological polar surface area (TPSA) is 46.9 Å². The Morgan fingerprint density at radius 2 is 2.14 bits per heavy atom. The summed E-state index contributed by atoms with van der Waals surface area (Å²) in [6.07, 6.45) is 4.39. The van der Waals surface area contributed by atoms with Crippen molar-refractivity contribution in [1.82, 2.24) is 14.9 Å². The predicted molar refractivity (Wildman–Crippen MR) is 84.3 cm³/mol. The van der Waals surface area contributed by atoms with Gasteiger partial charge in [-0.3, -0.25) is 9.78 Å². The third kappa shape index (κ3) is 3.15. The van der Waals surface area contributed by atoms with E-state index in [0.717, 1.165) is 35.5 Å². The van der Waals surface area contributed by atoms with E-state index in [1.165, 1.54) is 0 Å². The molecule has 0 fully saturated rings. The fourth-order valence-electron chi connectivity index (χ4n) is 2.76. The lowest BCUT2D eigenvalue weighted by atomic mass is 10.1. The Morgan fingerprint density at radius 3 is 2.67 bits per heavy atom. The number of aryl methyl sites for hydroxylation is 1. The van der Waals surface area contributed by atoms with E-state index in [1.807, 2.05) is 38.2 Å². The van der Waals surface area contributed by atoms with Gasteiger partial charge in [0.2, 0.25) is 0 Å². The van der Waals surface area contributed by atoms with Crippen molar-refractivity contribution in [2.75, 3.05) is 0 Å². The summed E-state index contributed by atoms with van der Waals surface area (Å²) < 4.78 is 2.15. The lowest BCUT2D eigenvalue weighted by molar-refractivity contribution is 0.0935. The van der Waals surface area contributed by atoms with Crippen LogP contribution in [0.15, 0.2) is 30.6 Å². The first-order chi connectivity index (χ1) is 10.1. The molecule has 1 amide bonds. The number of pyridine rings is 1. The standard InChI is InChI=1S/C17H23N3O/c1-5-16(14-8-7-9-18-11-14)19-17(21)15-10-12(3)20(6-2)13(15)4/h7-11,16H,5-6H2,1-4H3,(H,19,21)/t16-/m1/s1. The van der Waals surface area contributed by atoms with Gasteiger partial charge in [-0.15, -0.1) is 0 Å². The maximum absolute atomic E-state index is 12.5. The zero-order valence-corrected chi connectivity index (χ0v) is 13.2. The van der Waals surface area contributed by atoms with Crippen molar-refractivity contribution < 1.29 is 4.79 Å². The van der Waals surface area contributed by atoms with E-state index >= 15 is 0 Å². The molecule has 2 aromatic rings. The molecule has 0 radical (unpaired) electrons. The van der Waals surface area contributed by atoms with Crippen LogP contribution in [0.2, 0.25) is 0 Å². The highest BCUT2D eigenvalue weighted by atomic mass is 16.1. The third-order valence-electron chi connectivity index (χ3n) is 3.93. The fourth-order valence-corrected chi connectivity index (χ4v) is 2.76. The minimum Gasteiger partial charge on any atom is -0.349 e. The minimum atomic E-state index is -0.0153. The smallest absolute Gasteiger partial charge is 0.253 e. The van der Waals surface area contributed by atoms with Gasteiger partial charge in [-0.2, -0.15) is 0 Å². The number of nitrogens with one attached hydrogen (secondary N) is 1. The van der Waals surface area contributed by atoms with E-state index in [4.69, 9.17) is 0 Å². The Labute approximate surface area is 126 Å². The number of hydrogen-bond acceptors (Lipinski definition) is 2. The number of carbonyl (C=O) groups is 1. The highest BCUT2D eigenvalue weighted by Crippen LogP contribution is 2.19. The normalized spacial score (nSPS) is 12.2. The van der Waals surface area contributed by atoms with Gasteiger partial charge in [-0.05, 0) is 44.9 Å². The van der Waals surface area contributed by atoms with Crippen LogP contribution in [-0.2, 0) is 6.54 Å². The van der Waals surface area contributed by atoms with Gasteiger partial charge in [0.15, 0.2) is 0 Å². The van der Waals surface area contributed by atoms with Crippen LogP contribution in [0, 0.1) is 13.8 Å². The number of aromatic nitrogens is 2.